The number of carbonyl (C=O) groups excluding carboxylic acids is 1. The molecule has 1 aromatic heterocycles. The van der Waals surface area contributed by atoms with Gasteiger partial charge in [0, 0.05) is 28.5 Å². The highest BCUT2D eigenvalue weighted by molar-refractivity contribution is 6.31. The van der Waals surface area contributed by atoms with Crippen molar-refractivity contribution in [2.75, 3.05) is 0 Å². The van der Waals surface area contributed by atoms with Gasteiger partial charge in [-0.05, 0) is 36.1 Å². The van der Waals surface area contributed by atoms with Crippen molar-refractivity contribution in [3.8, 4) is 0 Å². The van der Waals surface area contributed by atoms with Crippen LogP contribution >= 0.6 is 24.0 Å². The Morgan fingerprint density at radius 3 is 2.58 bits per heavy atom. The Morgan fingerprint density at radius 1 is 1.08 bits per heavy atom. The number of aromatic nitrogens is 1. The summed E-state index contributed by atoms with van der Waals surface area (Å²) in [6.45, 7) is 0. The van der Waals surface area contributed by atoms with Crippen molar-refractivity contribution in [1.29, 1.82) is 0 Å². The van der Waals surface area contributed by atoms with Crippen molar-refractivity contribution in [2.24, 2.45) is 5.73 Å². The normalized spacial score (nSPS) is 11.9. The first-order chi connectivity index (χ1) is 11.1. The van der Waals surface area contributed by atoms with Gasteiger partial charge in [-0.3, -0.25) is 4.79 Å². The van der Waals surface area contributed by atoms with Crippen LogP contribution in [0, 0.1) is 0 Å². The Morgan fingerprint density at radius 2 is 1.79 bits per heavy atom. The summed E-state index contributed by atoms with van der Waals surface area (Å²) in [5, 5.41) is 1.83. The van der Waals surface area contributed by atoms with Gasteiger partial charge in [-0.1, -0.05) is 48.0 Å². The van der Waals surface area contributed by atoms with Crippen LogP contribution < -0.4 is 5.73 Å². The monoisotopic (exact) mass is 362 g/mol. The summed E-state index contributed by atoms with van der Waals surface area (Å²) in [6, 6.07) is 15.1. The molecule has 0 aliphatic rings. The van der Waals surface area contributed by atoms with Gasteiger partial charge in [-0.25, -0.2) is 0 Å². The number of carbonyl (C=O) groups is 1. The Hall–Kier alpha value is -1.81. The number of nitrogens with one attached hydrogen (secondary N) is 1. The van der Waals surface area contributed by atoms with E-state index in [-0.39, 0.29) is 18.2 Å². The quantitative estimate of drug-likeness (QED) is 0.685. The number of aromatic amines is 1. The minimum absolute atomic E-state index is 0. The van der Waals surface area contributed by atoms with E-state index >= 15 is 0 Å². The molecule has 0 spiro atoms. The number of aryl methyl sites for hydroxylation is 1. The molecular formula is C19H20Cl2N2O. The predicted molar refractivity (Wildman–Crippen MR) is 102 cm³/mol. The molecule has 0 fully saturated rings. The molecule has 3 N–H and O–H groups in total. The third kappa shape index (κ3) is 4.18. The third-order valence-electron chi connectivity index (χ3n) is 4.13. The number of halogens is 2. The van der Waals surface area contributed by atoms with Crippen molar-refractivity contribution in [2.45, 2.75) is 25.3 Å². The van der Waals surface area contributed by atoms with Crippen LogP contribution in [0.5, 0.6) is 0 Å². The standard InChI is InChI=1S/C19H19ClN2O.ClH/c20-16-7-3-1-5-13(16)9-10-19(23)17(21)11-14-12-22-18-8-4-2-6-15(14)18;/h1-8,12,17,22H,9-11,21H2;1H. The summed E-state index contributed by atoms with van der Waals surface area (Å²) >= 11 is 6.12. The molecule has 0 saturated heterocycles. The zero-order chi connectivity index (χ0) is 16.2. The summed E-state index contributed by atoms with van der Waals surface area (Å²) in [7, 11) is 0. The summed E-state index contributed by atoms with van der Waals surface area (Å²) in [4.78, 5) is 15.5. The SMILES string of the molecule is Cl.NC(Cc1c[nH]c2ccccc12)C(=O)CCc1ccccc1Cl. The van der Waals surface area contributed by atoms with E-state index in [4.69, 9.17) is 17.3 Å². The zero-order valence-corrected chi connectivity index (χ0v) is 14.7. The lowest BCUT2D eigenvalue weighted by Gasteiger charge is -2.10. The van der Waals surface area contributed by atoms with Gasteiger partial charge < -0.3 is 10.7 Å². The number of ketones is 1. The largest absolute Gasteiger partial charge is 0.361 e. The number of hydrogen-bond donors (Lipinski definition) is 2. The highest BCUT2D eigenvalue weighted by Crippen LogP contribution is 2.20. The predicted octanol–water partition coefficient (Wildman–Crippen LogP) is 4.31. The van der Waals surface area contributed by atoms with Crippen LogP contribution in [0.3, 0.4) is 0 Å². The summed E-state index contributed by atoms with van der Waals surface area (Å²) in [6.07, 6.45) is 3.52. The number of benzene rings is 2. The molecule has 3 aromatic rings. The average molecular weight is 363 g/mol. The molecule has 2 aromatic carbocycles. The molecule has 0 aliphatic heterocycles. The average Bonchev–Trinajstić information content (AvgIpc) is 2.97. The van der Waals surface area contributed by atoms with Gasteiger partial charge >= 0.3 is 0 Å². The van der Waals surface area contributed by atoms with E-state index in [9.17, 15) is 4.79 Å². The molecule has 1 atom stereocenters. The Labute approximate surface area is 152 Å². The van der Waals surface area contributed by atoms with Crippen LogP contribution in [0.15, 0.2) is 54.7 Å². The van der Waals surface area contributed by atoms with Crippen LogP contribution in [-0.4, -0.2) is 16.8 Å². The van der Waals surface area contributed by atoms with Gasteiger partial charge in [0.25, 0.3) is 0 Å². The Balaban J connectivity index is 0.00000208. The molecule has 3 rings (SSSR count). The molecule has 126 valence electrons. The molecule has 3 nitrogen and oxygen atoms in total. The van der Waals surface area contributed by atoms with Crippen LogP contribution in [0.2, 0.25) is 5.02 Å². The van der Waals surface area contributed by atoms with Gasteiger partial charge in [0.2, 0.25) is 0 Å². The van der Waals surface area contributed by atoms with Crippen LogP contribution in [0.1, 0.15) is 17.5 Å². The first-order valence-electron chi connectivity index (χ1n) is 7.72. The van der Waals surface area contributed by atoms with Gasteiger partial charge in [0.15, 0.2) is 0 Å². The van der Waals surface area contributed by atoms with Crippen molar-refractivity contribution >= 4 is 40.7 Å². The summed E-state index contributed by atoms with van der Waals surface area (Å²) in [5.41, 5.74) is 9.24. The van der Waals surface area contributed by atoms with Crippen LogP contribution in [0.25, 0.3) is 10.9 Å². The maximum Gasteiger partial charge on any atom is 0.150 e. The lowest BCUT2D eigenvalue weighted by atomic mass is 9.98. The van der Waals surface area contributed by atoms with Gasteiger partial charge in [0.1, 0.15) is 5.78 Å². The second kappa shape index (κ2) is 8.34. The minimum atomic E-state index is -0.489. The van der Waals surface area contributed by atoms with E-state index in [1.807, 2.05) is 54.7 Å². The van der Waals surface area contributed by atoms with Gasteiger partial charge in [-0.15, -0.1) is 12.4 Å². The number of hydrogen-bond acceptors (Lipinski definition) is 2. The Kier molecular flexibility index (Phi) is 6.44. The molecule has 1 unspecified atom stereocenters. The maximum atomic E-state index is 12.3. The molecule has 5 heteroatoms. The van der Waals surface area contributed by atoms with E-state index in [1.54, 1.807) is 0 Å². The lowest BCUT2D eigenvalue weighted by Crippen LogP contribution is -2.32. The molecule has 1 heterocycles. The molecular weight excluding hydrogens is 343 g/mol. The van der Waals surface area contributed by atoms with E-state index < -0.39 is 6.04 Å². The van der Waals surface area contributed by atoms with E-state index in [0.717, 1.165) is 22.0 Å². The van der Waals surface area contributed by atoms with Gasteiger partial charge in [-0.2, -0.15) is 0 Å². The van der Waals surface area contributed by atoms with Crippen LogP contribution in [-0.2, 0) is 17.6 Å². The lowest BCUT2D eigenvalue weighted by molar-refractivity contribution is -0.120. The van der Waals surface area contributed by atoms with Crippen molar-refractivity contribution in [3.05, 3.63) is 70.9 Å². The molecule has 24 heavy (non-hydrogen) atoms. The first kappa shape index (κ1) is 18.5. The second-order valence-corrected chi connectivity index (χ2v) is 6.14. The fourth-order valence-corrected chi connectivity index (χ4v) is 3.03. The first-order valence-corrected chi connectivity index (χ1v) is 8.09. The topological polar surface area (TPSA) is 58.9 Å². The number of Topliss-reactive ketones (excluding diaryl/α,β-unsaturated/α-hetero) is 1. The fourth-order valence-electron chi connectivity index (χ4n) is 2.80. The molecule has 0 bridgehead atoms. The second-order valence-electron chi connectivity index (χ2n) is 5.73. The Bertz CT molecular complexity index is 829. The number of para-hydroxylation sites is 1. The smallest absolute Gasteiger partial charge is 0.150 e. The fraction of sp³-hybridized carbons (Fsp3) is 0.211. The van der Waals surface area contributed by atoms with Crippen molar-refractivity contribution < 1.29 is 4.79 Å². The molecule has 0 saturated carbocycles. The molecule has 0 amide bonds. The molecule has 0 radical (unpaired) electrons. The third-order valence-corrected chi connectivity index (χ3v) is 4.50. The van der Waals surface area contributed by atoms with Crippen molar-refractivity contribution in [1.82, 2.24) is 4.98 Å². The highest BCUT2D eigenvalue weighted by atomic mass is 35.5. The minimum Gasteiger partial charge on any atom is -0.361 e. The summed E-state index contributed by atoms with van der Waals surface area (Å²) < 4.78 is 0. The number of nitrogens with two attached hydrogens (primary N) is 1. The number of fused-ring (bicyclic) bond motifs is 1. The molecule has 0 aliphatic carbocycles. The number of rotatable bonds is 6. The van der Waals surface area contributed by atoms with Gasteiger partial charge in [0.05, 0.1) is 6.04 Å². The highest BCUT2D eigenvalue weighted by Gasteiger charge is 2.16. The summed E-state index contributed by atoms with van der Waals surface area (Å²) in [5.74, 6) is 0.0650. The zero-order valence-electron chi connectivity index (χ0n) is 13.2. The van der Waals surface area contributed by atoms with Crippen molar-refractivity contribution in [3.63, 3.8) is 0 Å². The van der Waals surface area contributed by atoms with E-state index in [1.165, 1.54) is 0 Å². The van der Waals surface area contributed by atoms with E-state index in [2.05, 4.69) is 4.98 Å². The number of H-pyrrole nitrogens is 1. The maximum absolute atomic E-state index is 12.3. The van der Waals surface area contributed by atoms with E-state index in [0.29, 0.717) is 24.3 Å². The van der Waals surface area contributed by atoms with Crippen LogP contribution in [0.4, 0.5) is 0 Å².